The Morgan fingerprint density at radius 1 is 1.24 bits per heavy atom. The maximum atomic E-state index is 12.1. The fourth-order valence-corrected chi connectivity index (χ4v) is 2.59. The van der Waals surface area contributed by atoms with Gasteiger partial charge in [-0.25, -0.2) is 18.6 Å². The number of hydrogen-bond donors (Lipinski definition) is 2. The lowest BCUT2D eigenvalue weighted by atomic mass is 10.2. The van der Waals surface area contributed by atoms with Crippen LogP contribution in [0.3, 0.4) is 0 Å². The van der Waals surface area contributed by atoms with E-state index in [0.717, 1.165) is 0 Å². The molecule has 0 atom stereocenters. The number of nitrogens with one attached hydrogen (secondary N) is 2. The molecular weight excluding hydrogens is 296 g/mol. The Kier molecular flexibility index (Phi) is 4.73. The standard InChI is InChI=1S/C13H14N2O5S/c1-19-15-13(16)10-4-6-12(7-5-10)21(17,18)14-9-11-3-2-8-20-11/h2-8,14H,9H2,1H3,(H,15,16). The Labute approximate surface area is 121 Å². The molecule has 0 radical (unpaired) electrons. The molecule has 8 heteroatoms. The lowest BCUT2D eigenvalue weighted by Gasteiger charge is -2.06. The van der Waals surface area contributed by atoms with Gasteiger partial charge in [-0.3, -0.25) is 9.63 Å². The zero-order valence-corrected chi connectivity index (χ0v) is 12.0. The molecule has 0 aliphatic carbocycles. The normalized spacial score (nSPS) is 11.3. The molecule has 1 aromatic heterocycles. The van der Waals surface area contributed by atoms with Crippen molar-refractivity contribution in [3.05, 3.63) is 54.0 Å². The molecule has 2 aromatic rings. The first-order chi connectivity index (χ1) is 10.0. The molecule has 1 heterocycles. The van der Waals surface area contributed by atoms with Gasteiger partial charge in [0.2, 0.25) is 10.0 Å². The number of hydroxylamine groups is 1. The highest BCUT2D eigenvalue weighted by molar-refractivity contribution is 7.89. The van der Waals surface area contributed by atoms with Gasteiger partial charge in [0.15, 0.2) is 0 Å². The van der Waals surface area contributed by atoms with E-state index in [9.17, 15) is 13.2 Å². The molecule has 0 spiro atoms. The van der Waals surface area contributed by atoms with Crippen molar-refractivity contribution < 1.29 is 22.5 Å². The number of sulfonamides is 1. The Balaban J connectivity index is 2.08. The van der Waals surface area contributed by atoms with Gasteiger partial charge in [-0.05, 0) is 36.4 Å². The van der Waals surface area contributed by atoms with Gasteiger partial charge < -0.3 is 4.42 Å². The van der Waals surface area contributed by atoms with Crippen molar-refractivity contribution in [2.75, 3.05) is 7.11 Å². The lowest BCUT2D eigenvalue weighted by Crippen LogP contribution is -2.24. The number of amides is 1. The Morgan fingerprint density at radius 3 is 2.52 bits per heavy atom. The molecule has 0 aliphatic rings. The molecule has 2 N–H and O–H groups in total. The van der Waals surface area contributed by atoms with Crippen LogP contribution in [0.25, 0.3) is 0 Å². The summed E-state index contributed by atoms with van der Waals surface area (Å²) < 4.78 is 31.6. The fourth-order valence-electron chi connectivity index (χ4n) is 1.60. The number of hydrogen-bond acceptors (Lipinski definition) is 5. The van der Waals surface area contributed by atoms with E-state index in [0.29, 0.717) is 11.3 Å². The minimum atomic E-state index is -3.66. The van der Waals surface area contributed by atoms with Gasteiger partial charge in [-0.2, -0.15) is 0 Å². The first kappa shape index (κ1) is 15.2. The Morgan fingerprint density at radius 2 is 1.95 bits per heavy atom. The predicted octanol–water partition coefficient (Wildman–Crippen LogP) is 1.05. The van der Waals surface area contributed by atoms with Crippen molar-refractivity contribution in [2.45, 2.75) is 11.4 Å². The SMILES string of the molecule is CONC(=O)c1ccc(S(=O)(=O)NCc2ccco2)cc1. The van der Waals surface area contributed by atoms with Gasteiger partial charge in [0.1, 0.15) is 5.76 Å². The average molecular weight is 310 g/mol. The summed E-state index contributed by atoms with van der Waals surface area (Å²) in [6.07, 6.45) is 1.47. The molecule has 0 aliphatic heterocycles. The summed E-state index contributed by atoms with van der Waals surface area (Å²) in [7, 11) is -2.35. The zero-order chi connectivity index (χ0) is 15.3. The summed E-state index contributed by atoms with van der Waals surface area (Å²) in [4.78, 5) is 16.0. The third kappa shape index (κ3) is 3.91. The third-order valence-corrected chi connectivity index (χ3v) is 4.06. The van der Waals surface area contributed by atoms with Gasteiger partial charge in [-0.1, -0.05) is 0 Å². The number of furan rings is 1. The van der Waals surface area contributed by atoms with Crippen LogP contribution in [-0.2, 0) is 21.4 Å². The first-order valence-corrected chi connectivity index (χ1v) is 7.46. The molecule has 112 valence electrons. The second-order valence-corrected chi connectivity index (χ2v) is 5.83. The summed E-state index contributed by atoms with van der Waals surface area (Å²) >= 11 is 0. The summed E-state index contributed by atoms with van der Waals surface area (Å²) in [6, 6.07) is 8.82. The van der Waals surface area contributed by atoms with Crippen molar-refractivity contribution >= 4 is 15.9 Å². The molecule has 0 unspecified atom stereocenters. The Bertz CT molecular complexity index is 693. The van der Waals surface area contributed by atoms with Crippen molar-refractivity contribution in [3.63, 3.8) is 0 Å². The molecule has 0 bridgehead atoms. The van der Waals surface area contributed by atoms with Crippen LogP contribution in [0.15, 0.2) is 52.0 Å². The van der Waals surface area contributed by atoms with Gasteiger partial charge >= 0.3 is 0 Å². The number of carbonyl (C=O) groups excluding carboxylic acids is 1. The monoisotopic (exact) mass is 310 g/mol. The lowest BCUT2D eigenvalue weighted by molar-refractivity contribution is 0.0537. The van der Waals surface area contributed by atoms with Crippen molar-refractivity contribution in [3.8, 4) is 0 Å². The van der Waals surface area contributed by atoms with E-state index in [1.54, 1.807) is 12.1 Å². The van der Waals surface area contributed by atoms with Gasteiger partial charge in [0.05, 0.1) is 24.8 Å². The fraction of sp³-hybridized carbons (Fsp3) is 0.154. The van der Waals surface area contributed by atoms with E-state index < -0.39 is 15.9 Å². The number of rotatable bonds is 6. The van der Waals surface area contributed by atoms with Crippen LogP contribution in [-0.4, -0.2) is 21.4 Å². The van der Waals surface area contributed by atoms with Crippen molar-refractivity contribution in [2.24, 2.45) is 0 Å². The van der Waals surface area contributed by atoms with Crippen LogP contribution in [0.2, 0.25) is 0 Å². The summed E-state index contributed by atoms with van der Waals surface area (Å²) in [5.41, 5.74) is 2.44. The van der Waals surface area contributed by atoms with Crippen LogP contribution >= 0.6 is 0 Å². The molecule has 21 heavy (non-hydrogen) atoms. The minimum Gasteiger partial charge on any atom is -0.468 e. The van der Waals surface area contributed by atoms with Crippen LogP contribution in [0.5, 0.6) is 0 Å². The molecule has 1 aromatic carbocycles. The molecular formula is C13H14N2O5S. The number of carbonyl (C=O) groups is 1. The smallest absolute Gasteiger partial charge is 0.274 e. The second kappa shape index (κ2) is 6.53. The van der Waals surface area contributed by atoms with E-state index in [2.05, 4.69) is 15.0 Å². The van der Waals surface area contributed by atoms with Crippen LogP contribution < -0.4 is 10.2 Å². The highest BCUT2D eigenvalue weighted by Gasteiger charge is 2.15. The van der Waals surface area contributed by atoms with Crippen LogP contribution in [0.4, 0.5) is 0 Å². The largest absolute Gasteiger partial charge is 0.468 e. The van der Waals surface area contributed by atoms with E-state index >= 15 is 0 Å². The van der Waals surface area contributed by atoms with Gasteiger partial charge in [0.25, 0.3) is 5.91 Å². The molecule has 1 amide bonds. The molecule has 0 fully saturated rings. The highest BCUT2D eigenvalue weighted by atomic mass is 32.2. The minimum absolute atomic E-state index is 0.0568. The van der Waals surface area contributed by atoms with Gasteiger partial charge in [-0.15, -0.1) is 0 Å². The molecule has 2 rings (SSSR count). The molecule has 0 saturated heterocycles. The zero-order valence-electron chi connectivity index (χ0n) is 11.2. The molecule has 0 saturated carbocycles. The van der Waals surface area contributed by atoms with E-state index in [1.165, 1.54) is 37.6 Å². The maximum Gasteiger partial charge on any atom is 0.274 e. The average Bonchev–Trinajstić information content (AvgIpc) is 2.99. The van der Waals surface area contributed by atoms with E-state index in [1.807, 2.05) is 0 Å². The molecule has 7 nitrogen and oxygen atoms in total. The van der Waals surface area contributed by atoms with Crippen LogP contribution in [0.1, 0.15) is 16.1 Å². The topological polar surface area (TPSA) is 97.6 Å². The maximum absolute atomic E-state index is 12.1. The Hall–Kier alpha value is -2.16. The van der Waals surface area contributed by atoms with E-state index in [-0.39, 0.29) is 11.4 Å². The third-order valence-electron chi connectivity index (χ3n) is 2.64. The summed E-state index contributed by atoms with van der Waals surface area (Å²) in [6.45, 7) is 0.0568. The van der Waals surface area contributed by atoms with Crippen molar-refractivity contribution in [1.29, 1.82) is 0 Å². The van der Waals surface area contributed by atoms with E-state index in [4.69, 9.17) is 4.42 Å². The van der Waals surface area contributed by atoms with Crippen molar-refractivity contribution in [1.82, 2.24) is 10.2 Å². The second-order valence-electron chi connectivity index (χ2n) is 4.06. The predicted molar refractivity (Wildman–Crippen MR) is 73.7 cm³/mol. The van der Waals surface area contributed by atoms with Crippen LogP contribution in [0, 0.1) is 0 Å². The number of benzene rings is 1. The quantitative estimate of drug-likeness (QED) is 0.777. The van der Waals surface area contributed by atoms with Gasteiger partial charge in [0, 0.05) is 5.56 Å². The highest BCUT2D eigenvalue weighted by Crippen LogP contribution is 2.11. The summed E-state index contributed by atoms with van der Waals surface area (Å²) in [5, 5.41) is 0. The first-order valence-electron chi connectivity index (χ1n) is 5.98. The summed E-state index contributed by atoms with van der Waals surface area (Å²) in [5.74, 6) is 0.0552.